The number of amides is 1. The number of carbonyl (C=O) groups excluding carboxylic acids is 1. The molecule has 7 nitrogen and oxygen atoms in total. The van der Waals surface area contributed by atoms with E-state index < -0.39 is 28.7 Å². The minimum Gasteiger partial charge on any atom is -0.379 e. The summed E-state index contributed by atoms with van der Waals surface area (Å²) in [6.07, 6.45) is -4.66. The van der Waals surface area contributed by atoms with Crippen LogP contribution in [0.2, 0.25) is 0 Å². The Morgan fingerprint density at radius 3 is 2.36 bits per heavy atom. The number of alkyl halides is 3. The highest BCUT2D eigenvalue weighted by Gasteiger charge is 2.34. The molecule has 0 aromatic heterocycles. The summed E-state index contributed by atoms with van der Waals surface area (Å²) in [5.74, 6) is -0.937. The van der Waals surface area contributed by atoms with Crippen molar-refractivity contribution in [1.29, 1.82) is 5.26 Å². The van der Waals surface area contributed by atoms with Crippen LogP contribution < -0.4 is 0 Å². The molecule has 0 atom stereocenters. The third kappa shape index (κ3) is 6.10. The van der Waals surface area contributed by atoms with Crippen molar-refractivity contribution in [3.63, 3.8) is 0 Å². The highest BCUT2D eigenvalue weighted by molar-refractivity contribution is 7.89. The average Bonchev–Trinajstić information content (AvgIpc) is 2.78. The highest BCUT2D eigenvalue weighted by Crippen LogP contribution is 2.25. The number of ether oxygens (including phenoxy) is 1. The lowest BCUT2D eigenvalue weighted by atomic mass is 10.1. The molecule has 176 valence electrons. The van der Waals surface area contributed by atoms with E-state index in [4.69, 9.17) is 10.00 Å². The fourth-order valence-electron chi connectivity index (χ4n) is 3.42. The summed E-state index contributed by atoms with van der Waals surface area (Å²) in [6, 6.07) is 11.6. The van der Waals surface area contributed by atoms with Crippen LogP contribution in [-0.4, -0.2) is 62.6 Å². The van der Waals surface area contributed by atoms with Crippen LogP contribution in [0.4, 0.5) is 13.2 Å². The van der Waals surface area contributed by atoms with E-state index in [1.807, 2.05) is 6.07 Å². The number of benzene rings is 2. The van der Waals surface area contributed by atoms with Crippen molar-refractivity contribution >= 4 is 15.9 Å². The zero-order valence-corrected chi connectivity index (χ0v) is 18.6. The Kier molecular flexibility index (Phi) is 7.41. The fourth-order valence-corrected chi connectivity index (χ4v) is 4.85. The molecule has 3 rings (SSSR count). The van der Waals surface area contributed by atoms with Gasteiger partial charge in [-0.15, -0.1) is 0 Å². The van der Waals surface area contributed by atoms with E-state index in [2.05, 4.69) is 0 Å². The Labute approximate surface area is 190 Å². The number of aryl methyl sites for hydroxylation is 1. The number of morpholine rings is 1. The van der Waals surface area contributed by atoms with Crippen LogP contribution in [0.1, 0.15) is 27.0 Å². The predicted molar refractivity (Wildman–Crippen MR) is 113 cm³/mol. The number of hydrogen-bond donors (Lipinski definition) is 0. The van der Waals surface area contributed by atoms with Gasteiger partial charge >= 0.3 is 6.18 Å². The van der Waals surface area contributed by atoms with Crippen LogP contribution in [0.25, 0.3) is 0 Å². The molecule has 0 N–H and O–H groups in total. The molecule has 0 bridgehead atoms. The van der Waals surface area contributed by atoms with E-state index in [1.165, 1.54) is 47.6 Å². The van der Waals surface area contributed by atoms with Gasteiger partial charge in [0, 0.05) is 25.2 Å². The van der Waals surface area contributed by atoms with Gasteiger partial charge in [-0.1, -0.05) is 18.2 Å². The molecule has 1 aliphatic heterocycles. The van der Waals surface area contributed by atoms with Crippen molar-refractivity contribution in [3.05, 3.63) is 64.7 Å². The van der Waals surface area contributed by atoms with E-state index in [1.54, 1.807) is 0 Å². The Hall–Kier alpha value is -2.94. The molecular weight excluding hydrogens is 459 g/mol. The second kappa shape index (κ2) is 9.91. The zero-order chi connectivity index (χ0) is 24.2. The van der Waals surface area contributed by atoms with Gasteiger partial charge in [-0.05, 0) is 42.3 Å². The summed E-state index contributed by atoms with van der Waals surface area (Å²) in [4.78, 5) is 13.6. The van der Waals surface area contributed by atoms with Crippen LogP contribution >= 0.6 is 0 Å². The maximum absolute atomic E-state index is 13.3. The second-order valence-electron chi connectivity index (χ2n) is 7.58. The van der Waals surface area contributed by atoms with Crippen LogP contribution in [-0.2, 0) is 21.3 Å². The maximum Gasteiger partial charge on any atom is 0.406 e. The van der Waals surface area contributed by atoms with Crippen molar-refractivity contribution in [3.8, 4) is 6.07 Å². The molecule has 1 amide bonds. The molecule has 11 heteroatoms. The second-order valence-corrected chi connectivity index (χ2v) is 9.52. The van der Waals surface area contributed by atoms with Crippen LogP contribution in [0.5, 0.6) is 0 Å². The number of rotatable bonds is 6. The van der Waals surface area contributed by atoms with Crippen molar-refractivity contribution in [1.82, 2.24) is 9.21 Å². The molecule has 0 unspecified atom stereocenters. The van der Waals surface area contributed by atoms with E-state index in [0.717, 1.165) is 6.07 Å². The Balaban J connectivity index is 1.94. The molecule has 1 saturated heterocycles. The lowest BCUT2D eigenvalue weighted by Crippen LogP contribution is -2.41. The Morgan fingerprint density at radius 2 is 1.79 bits per heavy atom. The van der Waals surface area contributed by atoms with Gasteiger partial charge in [-0.3, -0.25) is 4.79 Å². The van der Waals surface area contributed by atoms with Gasteiger partial charge in [0.25, 0.3) is 5.91 Å². The molecule has 1 aliphatic rings. The molecule has 0 spiro atoms. The standard InChI is InChI=1S/C22H22F3N3O4S/c1-16-2-7-19(33(30,31)28-8-10-32-11-9-28)12-20(16)21(29)27(15-22(23,24)25)14-18-5-3-17(13-26)4-6-18/h2-7,12H,8-11,14-15H2,1H3. The predicted octanol–water partition coefficient (Wildman–Crippen LogP) is 3.09. The minimum absolute atomic E-state index is 0.123. The van der Waals surface area contributed by atoms with Gasteiger partial charge in [0.05, 0.1) is 29.7 Å². The lowest BCUT2D eigenvalue weighted by Gasteiger charge is -2.27. The van der Waals surface area contributed by atoms with Crippen molar-refractivity contribution in [2.24, 2.45) is 0 Å². The minimum atomic E-state index is -4.66. The van der Waals surface area contributed by atoms with Crippen LogP contribution in [0, 0.1) is 18.3 Å². The first-order valence-electron chi connectivity index (χ1n) is 10.0. The van der Waals surface area contributed by atoms with Crippen molar-refractivity contribution in [2.45, 2.75) is 24.5 Å². The number of halogens is 3. The quantitative estimate of drug-likeness (QED) is 0.633. The molecule has 1 heterocycles. The largest absolute Gasteiger partial charge is 0.406 e. The van der Waals surface area contributed by atoms with Crippen LogP contribution in [0.3, 0.4) is 0 Å². The van der Waals surface area contributed by atoms with Crippen LogP contribution in [0.15, 0.2) is 47.4 Å². The Bertz CT molecular complexity index is 1150. The maximum atomic E-state index is 13.3. The number of nitriles is 1. The molecular formula is C22H22F3N3O4S. The summed E-state index contributed by atoms with van der Waals surface area (Å²) >= 11 is 0. The monoisotopic (exact) mass is 481 g/mol. The normalized spacial score (nSPS) is 15.1. The van der Waals surface area contributed by atoms with E-state index in [-0.39, 0.29) is 43.3 Å². The third-order valence-corrected chi connectivity index (χ3v) is 7.06. The van der Waals surface area contributed by atoms with E-state index in [9.17, 15) is 26.4 Å². The molecule has 2 aromatic rings. The lowest BCUT2D eigenvalue weighted by molar-refractivity contribution is -0.141. The first kappa shape index (κ1) is 24.7. The topological polar surface area (TPSA) is 90.7 Å². The summed E-state index contributed by atoms with van der Waals surface area (Å²) in [5, 5.41) is 8.89. The summed E-state index contributed by atoms with van der Waals surface area (Å²) < 4.78 is 72.1. The molecule has 0 radical (unpaired) electrons. The Morgan fingerprint density at radius 1 is 1.15 bits per heavy atom. The summed E-state index contributed by atoms with van der Waals surface area (Å²) in [6.45, 7) is 0.444. The first-order valence-corrected chi connectivity index (χ1v) is 11.5. The summed E-state index contributed by atoms with van der Waals surface area (Å²) in [5.41, 5.74) is 0.973. The fraction of sp³-hybridized carbons (Fsp3) is 0.364. The van der Waals surface area contributed by atoms with Gasteiger partial charge in [0.15, 0.2) is 0 Å². The molecule has 33 heavy (non-hydrogen) atoms. The van der Waals surface area contributed by atoms with E-state index in [0.29, 0.717) is 21.6 Å². The molecule has 0 saturated carbocycles. The highest BCUT2D eigenvalue weighted by atomic mass is 32.2. The van der Waals surface area contributed by atoms with E-state index >= 15 is 0 Å². The van der Waals surface area contributed by atoms with Gasteiger partial charge in [0.1, 0.15) is 6.54 Å². The number of sulfonamides is 1. The third-order valence-electron chi connectivity index (χ3n) is 5.16. The molecule has 0 aliphatic carbocycles. The van der Waals surface area contributed by atoms with Crippen molar-refractivity contribution in [2.75, 3.05) is 32.8 Å². The van der Waals surface area contributed by atoms with Gasteiger partial charge in [-0.2, -0.15) is 22.7 Å². The SMILES string of the molecule is Cc1ccc(S(=O)(=O)N2CCOCC2)cc1C(=O)N(Cc1ccc(C#N)cc1)CC(F)(F)F. The van der Waals surface area contributed by atoms with Gasteiger partial charge in [0.2, 0.25) is 10.0 Å². The first-order chi connectivity index (χ1) is 15.5. The molecule has 1 fully saturated rings. The van der Waals surface area contributed by atoms with Gasteiger partial charge < -0.3 is 9.64 Å². The smallest absolute Gasteiger partial charge is 0.379 e. The number of carbonyl (C=O) groups is 1. The number of nitrogens with zero attached hydrogens (tertiary/aromatic N) is 3. The average molecular weight is 481 g/mol. The number of hydrogen-bond acceptors (Lipinski definition) is 5. The zero-order valence-electron chi connectivity index (χ0n) is 17.8. The van der Waals surface area contributed by atoms with Crippen molar-refractivity contribution < 1.29 is 31.1 Å². The molecule has 2 aromatic carbocycles. The summed E-state index contributed by atoms with van der Waals surface area (Å²) in [7, 11) is -3.93. The van der Waals surface area contributed by atoms with Gasteiger partial charge in [-0.25, -0.2) is 8.42 Å².